The van der Waals surface area contributed by atoms with E-state index >= 15 is 0 Å². The van der Waals surface area contributed by atoms with E-state index in [1.54, 1.807) is 18.9 Å². The van der Waals surface area contributed by atoms with Gasteiger partial charge in [0, 0.05) is 18.6 Å². The third kappa shape index (κ3) is 4.62. The fourth-order valence-corrected chi connectivity index (χ4v) is 2.77. The number of halogens is 1. The summed E-state index contributed by atoms with van der Waals surface area (Å²) >= 11 is 5.95. The van der Waals surface area contributed by atoms with Crippen LogP contribution in [-0.2, 0) is 0 Å². The molecule has 5 heteroatoms. The number of benzene rings is 1. The van der Waals surface area contributed by atoms with Crippen LogP contribution in [0.4, 0.5) is 4.79 Å². The molecular weight excluding hydrogens is 300 g/mol. The van der Waals surface area contributed by atoms with E-state index in [1.807, 2.05) is 24.3 Å². The Balaban J connectivity index is 2.01. The Hall–Kier alpha value is -1.26. The Bertz CT molecular complexity index is 504. The standard InChI is InChI=1S/C17H25ClN2O2/c1-11-10-15(11)16(13-4-6-14(18)7-5-13)19-17(22)20(3)9-8-12(2)21/h4-7,11-12,15-16,21H,8-10H2,1-3H3,(H,19,22). The zero-order chi connectivity index (χ0) is 16.3. The van der Waals surface area contributed by atoms with E-state index < -0.39 is 6.10 Å². The SMILES string of the molecule is CC(O)CCN(C)C(=O)NC(c1ccc(Cl)cc1)C1CC1C. The second-order valence-electron chi connectivity index (χ2n) is 6.41. The molecular formula is C17H25ClN2O2. The summed E-state index contributed by atoms with van der Waals surface area (Å²) in [6, 6.07) is 7.61. The summed E-state index contributed by atoms with van der Waals surface area (Å²) in [5, 5.41) is 13.2. The quantitative estimate of drug-likeness (QED) is 0.842. The number of urea groups is 1. The average molecular weight is 325 g/mol. The lowest BCUT2D eigenvalue weighted by Gasteiger charge is -2.24. The molecule has 1 fully saturated rings. The van der Waals surface area contributed by atoms with Gasteiger partial charge in [-0.25, -0.2) is 4.79 Å². The van der Waals surface area contributed by atoms with E-state index in [0.717, 1.165) is 12.0 Å². The number of hydrogen-bond acceptors (Lipinski definition) is 2. The topological polar surface area (TPSA) is 52.6 Å². The first-order valence-electron chi connectivity index (χ1n) is 7.83. The summed E-state index contributed by atoms with van der Waals surface area (Å²) in [6.07, 6.45) is 1.31. The number of nitrogens with zero attached hydrogens (tertiary/aromatic N) is 1. The van der Waals surface area contributed by atoms with Gasteiger partial charge >= 0.3 is 6.03 Å². The zero-order valence-electron chi connectivity index (χ0n) is 13.4. The van der Waals surface area contributed by atoms with Gasteiger partial charge in [0.2, 0.25) is 0 Å². The minimum Gasteiger partial charge on any atom is -0.393 e. The fraction of sp³-hybridized carbons (Fsp3) is 0.588. The van der Waals surface area contributed by atoms with Crippen molar-refractivity contribution in [2.45, 2.75) is 38.8 Å². The molecule has 0 spiro atoms. The molecule has 0 radical (unpaired) electrons. The lowest BCUT2D eigenvalue weighted by atomic mass is 10.0. The number of carbonyl (C=O) groups excluding carboxylic acids is 1. The summed E-state index contributed by atoms with van der Waals surface area (Å²) in [7, 11) is 1.76. The van der Waals surface area contributed by atoms with Gasteiger partial charge < -0.3 is 15.3 Å². The van der Waals surface area contributed by atoms with Crippen molar-refractivity contribution >= 4 is 17.6 Å². The first-order chi connectivity index (χ1) is 10.4. The van der Waals surface area contributed by atoms with Gasteiger partial charge in [0.25, 0.3) is 0 Å². The Kier molecular flexibility index (Phi) is 5.70. The molecule has 0 heterocycles. The van der Waals surface area contributed by atoms with Gasteiger partial charge in [-0.15, -0.1) is 0 Å². The number of aliphatic hydroxyl groups is 1. The van der Waals surface area contributed by atoms with Gasteiger partial charge in [0.15, 0.2) is 0 Å². The molecule has 1 aromatic carbocycles. The van der Waals surface area contributed by atoms with E-state index in [2.05, 4.69) is 12.2 Å². The summed E-state index contributed by atoms with van der Waals surface area (Å²) in [5.41, 5.74) is 1.09. The molecule has 22 heavy (non-hydrogen) atoms. The normalized spacial score (nSPS) is 22.8. The van der Waals surface area contributed by atoms with E-state index in [4.69, 9.17) is 11.6 Å². The Morgan fingerprint density at radius 3 is 2.55 bits per heavy atom. The molecule has 2 N–H and O–H groups in total. The van der Waals surface area contributed by atoms with Crippen LogP contribution in [0.15, 0.2) is 24.3 Å². The van der Waals surface area contributed by atoms with Crippen molar-refractivity contribution in [3.8, 4) is 0 Å². The van der Waals surface area contributed by atoms with E-state index in [1.165, 1.54) is 0 Å². The maximum Gasteiger partial charge on any atom is 0.317 e. The van der Waals surface area contributed by atoms with Gasteiger partial charge in [0.1, 0.15) is 0 Å². The van der Waals surface area contributed by atoms with Crippen molar-refractivity contribution in [2.24, 2.45) is 11.8 Å². The van der Waals surface area contributed by atoms with Crippen LogP contribution in [-0.4, -0.2) is 35.7 Å². The zero-order valence-corrected chi connectivity index (χ0v) is 14.2. The number of aliphatic hydroxyl groups excluding tert-OH is 1. The second kappa shape index (κ2) is 7.34. The van der Waals surface area contributed by atoms with Crippen LogP contribution >= 0.6 is 11.6 Å². The molecule has 0 bridgehead atoms. The molecule has 0 saturated heterocycles. The highest BCUT2D eigenvalue weighted by atomic mass is 35.5. The summed E-state index contributed by atoms with van der Waals surface area (Å²) in [5.74, 6) is 1.11. The predicted octanol–water partition coefficient (Wildman–Crippen LogP) is 3.45. The van der Waals surface area contributed by atoms with E-state index in [-0.39, 0.29) is 12.1 Å². The first-order valence-corrected chi connectivity index (χ1v) is 8.21. The largest absolute Gasteiger partial charge is 0.393 e. The Labute approximate surface area is 137 Å². The van der Waals surface area contributed by atoms with Crippen LogP contribution in [0.25, 0.3) is 0 Å². The molecule has 0 aliphatic heterocycles. The second-order valence-corrected chi connectivity index (χ2v) is 6.85. The lowest BCUT2D eigenvalue weighted by Crippen LogP contribution is -2.41. The van der Waals surface area contributed by atoms with E-state index in [0.29, 0.717) is 29.8 Å². The fourth-order valence-electron chi connectivity index (χ4n) is 2.65. The average Bonchev–Trinajstić information content (AvgIpc) is 3.19. The van der Waals surface area contributed by atoms with Crippen LogP contribution in [0, 0.1) is 11.8 Å². The minimum absolute atomic E-state index is 0.0220. The molecule has 1 saturated carbocycles. The van der Waals surface area contributed by atoms with Crippen molar-refractivity contribution in [1.82, 2.24) is 10.2 Å². The molecule has 2 amide bonds. The van der Waals surface area contributed by atoms with Crippen LogP contribution in [0.2, 0.25) is 5.02 Å². The summed E-state index contributed by atoms with van der Waals surface area (Å²) < 4.78 is 0. The molecule has 0 aromatic heterocycles. The monoisotopic (exact) mass is 324 g/mol. The summed E-state index contributed by atoms with van der Waals surface area (Å²) in [6.45, 7) is 4.47. The molecule has 1 aliphatic rings. The van der Waals surface area contributed by atoms with Crippen LogP contribution < -0.4 is 5.32 Å². The highest BCUT2D eigenvalue weighted by Gasteiger charge is 2.41. The number of amides is 2. The van der Waals surface area contributed by atoms with Crippen molar-refractivity contribution in [2.75, 3.05) is 13.6 Å². The van der Waals surface area contributed by atoms with Gasteiger partial charge in [-0.1, -0.05) is 30.7 Å². The maximum atomic E-state index is 12.4. The highest BCUT2D eigenvalue weighted by molar-refractivity contribution is 6.30. The molecule has 4 unspecified atom stereocenters. The smallest absolute Gasteiger partial charge is 0.317 e. The van der Waals surface area contributed by atoms with Crippen LogP contribution in [0.5, 0.6) is 0 Å². The molecule has 4 atom stereocenters. The van der Waals surface area contributed by atoms with Crippen molar-refractivity contribution in [1.29, 1.82) is 0 Å². The Morgan fingerprint density at radius 1 is 1.45 bits per heavy atom. The van der Waals surface area contributed by atoms with Crippen molar-refractivity contribution < 1.29 is 9.90 Å². The van der Waals surface area contributed by atoms with E-state index in [9.17, 15) is 9.90 Å². The van der Waals surface area contributed by atoms with Crippen molar-refractivity contribution in [3.05, 3.63) is 34.9 Å². The third-order valence-corrected chi connectivity index (χ3v) is 4.59. The van der Waals surface area contributed by atoms with Crippen LogP contribution in [0.3, 0.4) is 0 Å². The molecule has 2 rings (SSSR count). The lowest BCUT2D eigenvalue weighted by molar-refractivity contribution is 0.161. The highest BCUT2D eigenvalue weighted by Crippen LogP contribution is 2.47. The molecule has 1 aromatic rings. The van der Waals surface area contributed by atoms with Gasteiger partial charge in [0.05, 0.1) is 12.1 Å². The van der Waals surface area contributed by atoms with Gasteiger partial charge in [-0.05, 0) is 49.3 Å². The molecule has 4 nitrogen and oxygen atoms in total. The number of hydrogen-bond donors (Lipinski definition) is 2. The predicted molar refractivity (Wildman–Crippen MR) is 88.9 cm³/mol. The number of nitrogens with one attached hydrogen (secondary N) is 1. The minimum atomic E-state index is -0.397. The van der Waals surface area contributed by atoms with Crippen molar-refractivity contribution in [3.63, 3.8) is 0 Å². The maximum absolute atomic E-state index is 12.4. The van der Waals surface area contributed by atoms with Gasteiger partial charge in [-0.2, -0.15) is 0 Å². The van der Waals surface area contributed by atoms with Crippen LogP contribution in [0.1, 0.15) is 38.3 Å². The third-order valence-electron chi connectivity index (χ3n) is 4.34. The van der Waals surface area contributed by atoms with Gasteiger partial charge in [-0.3, -0.25) is 0 Å². The first kappa shape index (κ1) is 17.1. The number of carbonyl (C=O) groups is 1. The number of rotatable bonds is 6. The molecule has 1 aliphatic carbocycles. The molecule has 122 valence electrons. The Morgan fingerprint density at radius 2 is 2.05 bits per heavy atom. The summed E-state index contributed by atoms with van der Waals surface area (Å²) in [4.78, 5) is 14.0.